The van der Waals surface area contributed by atoms with Crippen molar-refractivity contribution in [3.63, 3.8) is 0 Å². The Morgan fingerprint density at radius 3 is 2.44 bits per heavy atom. The number of pyridine rings is 1. The van der Waals surface area contributed by atoms with Crippen molar-refractivity contribution < 1.29 is 4.92 Å². The number of nitrogens with one attached hydrogen (secondary N) is 2. The molecule has 1 aromatic carbocycles. The number of nitro benzene ring substituents is 1. The molecule has 1 aliphatic heterocycles. The Labute approximate surface area is 184 Å². The van der Waals surface area contributed by atoms with Crippen LogP contribution in [0.1, 0.15) is 31.2 Å². The van der Waals surface area contributed by atoms with Gasteiger partial charge < -0.3 is 10.2 Å². The molecule has 164 valence electrons. The third-order valence-electron chi connectivity index (χ3n) is 4.91. The third kappa shape index (κ3) is 5.72. The van der Waals surface area contributed by atoms with Crippen molar-refractivity contribution in [3.8, 4) is 0 Å². The number of anilines is 4. The van der Waals surface area contributed by atoms with Gasteiger partial charge >= 0.3 is 0 Å². The topological polar surface area (TPSA) is 134 Å². The van der Waals surface area contributed by atoms with E-state index in [1.165, 1.54) is 25.0 Å². The van der Waals surface area contributed by atoms with E-state index >= 15 is 0 Å². The van der Waals surface area contributed by atoms with E-state index in [0.717, 1.165) is 31.5 Å². The molecule has 2 N–H and O–H groups in total. The fourth-order valence-corrected chi connectivity index (χ4v) is 3.30. The highest BCUT2D eigenvalue weighted by molar-refractivity contribution is 5.79. The second-order valence-corrected chi connectivity index (χ2v) is 7.27. The summed E-state index contributed by atoms with van der Waals surface area (Å²) in [6, 6.07) is 9.79. The number of aromatic nitrogens is 4. The average molecular weight is 433 g/mol. The molecule has 11 nitrogen and oxygen atoms in total. The number of nitro groups is 1. The van der Waals surface area contributed by atoms with Gasteiger partial charge in [0.25, 0.3) is 5.69 Å². The van der Waals surface area contributed by atoms with Gasteiger partial charge in [-0.1, -0.05) is 18.9 Å². The normalized spacial score (nSPS) is 14.2. The Bertz CT molecular complexity index is 1070. The largest absolute Gasteiger partial charge is 0.341 e. The van der Waals surface area contributed by atoms with Crippen molar-refractivity contribution in [2.45, 2.75) is 25.7 Å². The molecule has 0 radical (unpaired) electrons. The monoisotopic (exact) mass is 433 g/mol. The van der Waals surface area contributed by atoms with Crippen LogP contribution in [0.25, 0.3) is 0 Å². The lowest BCUT2D eigenvalue weighted by atomic mass is 10.2. The van der Waals surface area contributed by atoms with E-state index in [0.29, 0.717) is 23.5 Å². The van der Waals surface area contributed by atoms with E-state index in [1.807, 2.05) is 12.1 Å². The van der Waals surface area contributed by atoms with E-state index in [4.69, 9.17) is 0 Å². The van der Waals surface area contributed by atoms with Crippen LogP contribution in [0.2, 0.25) is 0 Å². The predicted molar refractivity (Wildman–Crippen MR) is 122 cm³/mol. The van der Waals surface area contributed by atoms with Crippen LogP contribution < -0.4 is 15.6 Å². The van der Waals surface area contributed by atoms with Gasteiger partial charge in [-0.05, 0) is 31.0 Å². The fraction of sp³-hybridized carbons (Fsp3) is 0.286. The lowest BCUT2D eigenvalue weighted by molar-refractivity contribution is -0.384. The molecule has 1 aliphatic rings. The summed E-state index contributed by atoms with van der Waals surface area (Å²) in [6.07, 6.45) is 9.57. The Balaban J connectivity index is 1.57. The van der Waals surface area contributed by atoms with E-state index in [1.54, 1.807) is 30.7 Å². The smallest absolute Gasteiger partial charge is 0.269 e. The number of benzene rings is 1. The van der Waals surface area contributed by atoms with Crippen LogP contribution in [-0.4, -0.2) is 44.2 Å². The molecule has 32 heavy (non-hydrogen) atoms. The van der Waals surface area contributed by atoms with Gasteiger partial charge in [0.15, 0.2) is 0 Å². The molecule has 3 aromatic rings. The third-order valence-corrected chi connectivity index (χ3v) is 4.91. The average Bonchev–Trinajstić information content (AvgIpc) is 3.10. The molecule has 0 saturated carbocycles. The van der Waals surface area contributed by atoms with Crippen LogP contribution in [0, 0.1) is 10.1 Å². The number of rotatable bonds is 7. The van der Waals surface area contributed by atoms with Gasteiger partial charge in [-0.25, -0.2) is 5.43 Å². The molecule has 0 bridgehead atoms. The van der Waals surface area contributed by atoms with Gasteiger partial charge in [-0.15, -0.1) is 0 Å². The summed E-state index contributed by atoms with van der Waals surface area (Å²) in [6.45, 7) is 1.75. The van der Waals surface area contributed by atoms with Crippen molar-refractivity contribution in [1.82, 2.24) is 19.9 Å². The minimum absolute atomic E-state index is 0.0172. The molecule has 0 spiro atoms. The highest BCUT2D eigenvalue weighted by atomic mass is 16.6. The number of nitrogens with zero attached hydrogens (tertiary/aromatic N) is 7. The number of non-ortho nitro benzene ring substituents is 1. The summed E-state index contributed by atoms with van der Waals surface area (Å²) >= 11 is 0. The van der Waals surface area contributed by atoms with Crippen molar-refractivity contribution in [2.24, 2.45) is 5.10 Å². The van der Waals surface area contributed by atoms with Gasteiger partial charge in [0.1, 0.15) is 0 Å². The predicted octanol–water partition coefficient (Wildman–Crippen LogP) is 3.74. The molecule has 11 heteroatoms. The van der Waals surface area contributed by atoms with Crippen LogP contribution in [0.5, 0.6) is 0 Å². The van der Waals surface area contributed by atoms with Crippen molar-refractivity contribution >= 4 is 35.4 Å². The van der Waals surface area contributed by atoms with Crippen LogP contribution in [-0.2, 0) is 0 Å². The summed E-state index contributed by atoms with van der Waals surface area (Å²) in [7, 11) is 0. The Morgan fingerprint density at radius 1 is 1.00 bits per heavy atom. The summed E-state index contributed by atoms with van der Waals surface area (Å²) in [5.74, 6) is 1.18. The molecule has 0 atom stereocenters. The highest BCUT2D eigenvalue weighted by Gasteiger charge is 2.16. The van der Waals surface area contributed by atoms with Crippen LogP contribution in [0.3, 0.4) is 0 Å². The zero-order chi connectivity index (χ0) is 22.2. The van der Waals surface area contributed by atoms with E-state index in [9.17, 15) is 10.1 Å². The highest BCUT2D eigenvalue weighted by Crippen LogP contribution is 2.22. The Morgan fingerprint density at radius 2 is 1.75 bits per heavy atom. The van der Waals surface area contributed by atoms with E-state index < -0.39 is 4.92 Å². The first-order valence-electron chi connectivity index (χ1n) is 10.4. The molecule has 0 unspecified atom stereocenters. The van der Waals surface area contributed by atoms with Crippen molar-refractivity contribution in [3.05, 3.63) is 64.5 Å². The molecule has 0 amide bonds. The Kier molecular flexibility index (Phi) is 6.75. The molecular formula is C21H23N9O2. The summed E-state index contributed by atoms with van der Waals surface area (Å²) in [5.41, 5.74) is 4.35. The summed E-state index contributed by atoms with van der Waals surface area (Å²) in [4.78, 5) is 30.2. The minimum atomic E-state index is -0.438. The second kappa shape index (κ2) is 10.2. The van der Waals surface area contributed by atoms with E-state index in [-0.39, 0.29) is 5.69 Å². The maximum absolute atomic E-state index is 10.9. The quantitative estimate of drug-likeness (QED) is 0.324. The van der Waals surface area contributed by atoms with Crippen LogP contribution in [0.15, 0.2) is 53.9 Å². The molecule has 3 heterocycles. The Hall–Kier alpha value is -4.15. The van der Waals surface area contributed by atoms with Gasteiger partial charge in [0.2, 0.25) is 17.8 Å². The van der Waals surface area contributed by atoms with Gasteiger partial charge in [0, 0.05) is 48.9 Å². The molecule has 4 rings (SSSR count). The first-order valence-corrected chi connectivity index (χ1v) is 10.4. The first kappa shape index (κ1) is 21.1. The maximum Gasteiger partial charge on any atom is 0.269 e. The lowest BCUT2D eigenvalue weighted by Gasteiger charge is -2.21. The number of hydrazone groups is 1. The standard InChI is InChI=1S/C21H23N9O2/c31-30(32)18-9-7-17(8-10-18)24-19-25-20(28-23-15-16-6-5-11-22-14-16)27-21(26-19)29-12-3-1-2-4-13-29/h5-11,14-15H,1-4,12-13H2,(H2,24,25,26,27,28). The lowest BCUT2D eigenvalue weighted by Crippen LogP contribution is -2.26. The SMILES string of the molecule is O=[N+]([O-])c1ccc(Nc2nc(NN=Cc3cccnc3)nc(N3CCCCCC3)n2)cc1. The minimum Gasteiger partial charge on any atom is -0.341 e. The van der Waals surface area contributed by atoms with Gasteiger partial charge in [-0.2, -0.15) is 20.1 Å². The molecule has 1 fully saturated rings. The zero-order valence-corrected chi connectivity index (χ0v) is 17.4. The molecule has 0 aliphatic carbocycles. The molecule has 2 aromatic heterocycles. The summed E-state index contributed by atoms with van der Waals surface area (Å²) in [5, 5.41) is 18.2. The van der Waals surface area contributed by atoms with Crippen LogP contribution in [0.4, 0.5) is 29.2 Å². The first-order chi connectivity index (χ1) is 15.7. The number of hydrogen-bond donors (Lipinski definition) is 2. The number of hydrogen-bond acceptors (Lipinski definition) is 10. The fourth-order valence-electron chi connectivity index (χ4n) is 3.30. The van der Waals surface area contributed by atoms with Gasteiger partial charge in [0.05, 0.1) is 11.1 Å². The van der Waals surface area contributed by atoms with Gasteiger partial charge in [-0.3, -0.25) is 15.1 Å². The molecule has 1 saturated heterocycles. The second-order valence-electron chi connectivity index (χ2n) is 7.27. The summed E-state index contributed by atoms with van der Waals surface area (Å²) < 4.78 is 0. The van der Waals surface area contributed by atoms with Crippen molar-refractivity contribution in [2.75, 3.05) is 28.7 Å². The zero-order valence-electron chi connectivity index (χ0n) is 17.4. The van der Waals surface area contributed by atoms with Crippen LogP contribution >= 0.6 is 0 Å². The van der Waals surface area contributed by atoms with E-state index in [2.05, 4.69) is 40.7 Å². The molecular weight excluding hydrogens is 410 g/mol. The van der Waals surface area contributed by atoms with Crippen molar-refractivity contribution in [1.29, 1.82) is 0 Å². The maximum atomic E-state index is 10.9.